The van der Waals surface area contributed by atoms with Crippen LogP contribution < -0.4 is 4.74 Å². The second-order valence-electron chi connectivity index (χ2n) is 7.63. The lowest BCUT2D eigenvalue weighted by atomic mass is 10.0. The molecule has 142 valence electrons. The first-order valence-corrected chi connectivity index (χ1v) is 10.0. The fourth-order valence-electron chi connectivity index (χ4n) is 4.52. The fraction of sp³-hybridized carbons (Fsp3) is 0.0385. The van der Waals surface area contributed by atoms with E-state index >= 15 is 0 Å². The number of ether oxygens (including phenoxy) is 1. The first-order valence-electron chi connectivity index (χ1n) is 10.0. The zero-order valence-corrected chi connectivity index (χ0v) is 16.0. The number of para-hydroxylation sites is 3. The first kappa shape index (κ1) is 15.8. The highest BCUT2D eigenvalue weighted by Gasteiger charge is 2.22. The van der Waals surface area contributed by atoms with Crippen molar-refractivity contribution in [2.24, 2.45) is 0 Å². The predicted molar refractivity (Wildman–Crippen MR) is 118 cm³/mol. The Balaban J connectivity index is 1.51. The summed E-state index contributed by atoms with van der Waals surface area (Å²) in [5.74, 6) is 0. The average molecular weight is 388 g/mol. The van der Waals surface area contributed by atoms with Crippen molar-refractivity contribution in [3.8, 4) is 22.8 Å². The topological polar surface area (TPSA) is 40.2 Å². The van der Waals surface area contributed by atoms with E-state index < -0.39 is 0 Å². The number of furan rings is 1. The highest BCUT2D eigenvalue weighted by Crippen LogP contribution is 2.38. The Bertz CT molecular complexity index is 1610. The lowest BCUT2D eigenvalue weighted by Crippen LogP contribution is -2.11. The highest BCUT2D eigenvalue weighted by atomic mass is 16.5. The molecule has 0 saturated heterocycles. The molecule has 0 aliphatic carbocycles. The van der Waals surface area contributed by atoms with Crippen molar-refractivity contribution in [3.05, 3.63) is 90.5 Å². The molecule has 3 heterocycles. The standard InChI is InChI=1S/C26H16N2O2/c1-3-10-22-17(6-1)15-29-26-27-21-13-12-16(14-23(21)28(22)26)18-8-5-9-20-19-7-2-4-11-24(19)30-25(18)20/h1-14H,15H2. The van der Waals surface area contributed by atoms with Crippen LogP contribution in [0.1, 0.15) is 5.56 Å². The van der Waals surface area contributed by atoms with E-state index in [0.29, 0.717) is 12.6 Å². The molecule has 2 aromatic heterocycles. The van der Waals surface area contributed by atoms with Gasteiger partial charge in [-0.05, 0) is 29.8 Å². The number of hydrogen-bond donors (Lipinski definition) is 0. The minimum Gasteiger partial charge on any atom is -0.459 e. The number of imidazole rings is 1. The van der Waals surface area contributed by atoms with Gasteiger partial charge in [-0.2, -0.15) is 4.98 Å². The van der Waals surface area contributed by atoms with Crippen LogP contribution in [0.2, 0.25) is 0 Å². The van der Waals surface area contributed by atoms with Crippen LogP contribution in [0.4, 0.5) is 0 Å². The van der Waals surface area contributed by atoms with Crippen LogP contribution in [0.25, 0.3) is 49.8 Å². The summed E-state index contributed by atoms with van der Waals surface area (Å²) in [7, 11) is 0. The summed E-state index contributed by atoms with van der Waals surface area (Å²) in [6, 6.07) is 29.8. The van der Waals surface area contributed by atoms with E-state index in [1.807, 2.05) is 24.3 Å². The van der Waals surface area contributed by atoms with Crippen molar-refractivity contribution in [2.75, 3.05) is 0 Å². The van der Waals surface area contributed by atoms with Crippen LogP contribution in [0.5, 0.6) is 6.01 Å². The van der Waals surface area contributed by atoms with Gasteiger partial charge < -0.3 is 9.15 Å². The largest absolute Gasteiger partial charge is 0.459 e. The first-order chi connectivity index (χ1) is 14.9. The van der Waals surface area contributed by atoms with E-state index in [1.165, 1.54) is 0 Å². The van der Waals surface area contributed by atoms with Crippen LogP contribution in [0.3, 0.4) is 0 Å². The van der Waals surface area contributed by atoms with E-state index in [1.54, 1.807) is 0 Å². The molecule has 0 spiro atoms. The predicted octanol–water partition coefficient (Wildman–Crippen LogP) is 6.48. The molecule has 0 saturated carbocycles. The molecule has 0 unspecified atom stereocenters. The molecule has 6 aromatic rings. The van der Waals surface area contributed by atoms with E-state index in [4.69, 9.17) is 14.1 Å². The smallest absolute Gasteiger partial charge is 0.302 e. The highest BCUT2D eigenvalue weighted by molar-refractivity contribution is 6.09. The Morgan fingerprint density at radius 3 is 2.67 bits per heavy atom. The van der Waals surface area contributed by atoms with Gasteiger partial charge in [0, 0.05) is 21.9 Å². The lowest BCUT2D eigenvalue weighted by molar-refractivity contribution is 0.265. The van der Waals surface area contributed by atoms with Gasteiger partial charge in [-0.3, -0.25) is 4.57 Å². The molecular weight excluding hydrogens is 372 g/mol. The molecule has 4 nitrogen and oxygen atoms in total. The van der Waals surface area contributed by atoms with Gasteiger partial charge in [0.15, 0.2) is 0 Å². The molecule has 1 aliphatic rings. The molecule has 4 heteroatoms. The zero-order valence-electron chi connectivity index (χ0n) is 16.0. The maximum absolute atomic E-state index is 6.25. The Morgan fingerprint density at radius 2 is 1.67 bits per heavy atom. The van der Waals surface area contributed by atoms with Crippen LogP contribution in [0, 0.1) is 0 Å². The fourth-order valence-corrected chi connectivity index (χ4v) is 4.52. The molecule has 0 fully saturated rings. The minimum atomic E-state index is 0.546. The van der Waals surface area contributed by atoms with Gasteiger partial charge in [0.05, 0.1) is 16.7 Å². The number of aromatic nitrogens is 2. The third-order valence-corrected chi connectivity index (χ3v) is 5.93. The monoisotopic (exact) mass is 388 g/mol. The minimum absolute atomic E-state index is 0.546. The Kier molecular flexibility index (Phi) is 3.03. The molecule has 30 heavy (non-hydrogen) atoms. The summed E-state index contributed by atoms with van der Waals surface area (Å²) < 4.78 is 14.3. The number of hydrogen-bond acceptors (Lipinski definition) is 3. The SMILES string of the molecule is c1ccc2c(c1)COc1nc3ccc(-c4cccc5c4oc4ccccc45)cc3n1-2. The number of nitrogens with zero attached hydrogens (tertiary/aromatic N) is 2. The average Bonchev–Trinajstić information content (AvgIpc) is 3.37. The summed E-state index contributed by atoms with van der Waals surface area (Å²) in [5.41, 5.74) is 8.22. The van der Waals surface area contributed by atoms with Crippen molar-refractivity contribution in [1.29, 1.82) is 0 Å². The number of benzene rings is 4. The molecule has 0 radical (unpaired) electrons. The van der Waals surface area contributed by atoms with E-state index in [0.717, 1.165) is 55.3 Å². The van der Waals surface area contributed by atoms with E-state index in [-0.39, 0.29) is 0 Å². The van der Waals surface area contributed by atoms with Crippen LogP contribution >= 0.6 is 0 Å². The van der Waals surface area contributed by atoms with Gasteiger partial charge in [-0.1, -0.05) is 60.7 Å². The molecule has 0 amide bonds. The molecule has 0 N–H and O–H groups in total. The second-order valence-corrected chi connectivity index (χ2v) is 7.63. The normalized spacial score (nSPS) is 12.8. The Hall–Kier alpha value is -4.05. The van der Waals surface area contributed by atoms with Gasteiger partial charge in [0.2, 0.25) is 0 Å². The summed E-state index contributed by atoms with van der Waals surface area (Å²) in [6.07, 6.45) is 0. The van der Waals surface area contributed by atoms with Gasteiger partial charge in [0.1, 0.15) is 17.8 Å². The summed E-state index contributed by atoms with van der Waals surface area (Å²) >= 11 is 0. The maximum Gasteiger partial charge on any atom is 0.302 e. The molecule has 1 aliphatic heterocycles. The van der Waals surface area contributed by atoms with E-state index in [2.05, 4.69) is 65.2 Å². The van der Waals surface area contributed by atoms with Crippen molar-refractivity contribution in [1.82, 2.24) is 9.55 Å². The van der Waals surface area contributed by atoms with Crippen LogP contribution in [0.15, 0.2) is 89.3 Å². The van der Waals surface area contributed by atoms with Gasteiger partial charge in [0.25, 0.3) is 0 Å². The van der Waals surface area contributed by atoms with Gasteiger partial charge in [-0.15, -0.1) is 0 Å². The van der Waals surface area contributed by atoms with Gasteiger partial charge in [-0.25, -0.2) is 0 Å². The lowest BCUT2D eigenvalue weighted by Gasteiger charge is -2.19. The zero-order chi connectivity index (χ0) is 19.7. The molecular formula is C26H16N2O2. The van der Waals surface area contributed by atoms with Gasteiger partial charge >= 0.3 is 6.01 Å². The molecule has 0 atom stereocenters. The molecule has 0 bridgehead atoms. The van der Waals surface area contributed by atoms with Crippen LogP contribution in [-0.4, -0.2) is 9.55 Å². The maximum atomic E-state index is 6.25. The Labute approximate surface area is 171 Å². The second kappa shape index (κ2) is 5.74. The van der Waals surface area contributed by atoms with Crippen molar-refractivity contribution in [3.63, 3.8) is 0 Å². The summed E-state index contributed by atoms with van der Waals surface area (Å²) in [6.45, 7) is 0.546. The summed E-state index contributed by atoms with van der Waals surface area (Å²) in [5, 5.41) is 2.27. The quantitative estimate of drug-likeness (QED) is 0.323. The summed E-state index contributed by atoms with van der Waals surface area (Å²) in [4.78, 5) is 4.70. The molecule has 4 aromatic carbocycles. The Morgan fingerprint density at radius 1 is 0.800 bits per heavy atom. The van der Waals surface area contributed by atoms with Crippen molar-refractivity contribution < 1.29 is 9.15 Å². The third-order valence-electron chi connectivity index (χ3n) is 5.93. The number of rotatable bonds is 1. The van der Waals surface area contributed by atoms with E-state index in [9.17, 15) is 0 Å². The van der Waals surface area contributed by atoms with Crippen molar-refractivity contribution in [2.45, 2.75) is 6.61 Å². The third kappa shape index (κ3) is 2.08. The number of fused-ring (bicyclic) bond motifs is 8. The van der Waals surface area contributed by atoms with Crippen LogP contribution in [-0.2, 0) is 6.61 Å². The van der Waals surface area contributed by atoms with Crippen molar-refractivity contribution >= 4 is 33.0 Å². The molecule has 7 rings (SSSR count).